The van der Waals surface area contributed by atoms with Gasteiger partial charge in [0.2, 0.25) is 0 Å². The van der Waals surface area contributed by atoms with Gasteiger partial charge in [-0.25, -0.2) is 4.79 Å². The molecule has 0 radical (unpaired) electrons. The van der Waals surface area contributed by atoms with E-state index in [1.165, 1.54) is 7.11 Å². The van der Waals surface area contributed by atoms with Crippen molar-refractivity contribution in [2.45, 2.75) is 39.7 Å². The molecule has 2 rings (SSSR count). The van der Waals surface area contributed by atoms with Crippen LogP contribution in [0.2, 0.25) is 0 Å². The molecule has 0 aromatic heterocycles. The van der Waals surface area contributed by atoms with Gasteiger partial charge in [0.05, 0.1) is 19.2 Å². The number of nitrogens with one attached hydrogen (secondary N) is 2. The molecule has 2 N–H and O–H groups in total. The van der Waals surface area contributed by atoms with Gasteiger partial charge in [-0.2, -0.15) is 0 Å². The summed E-state index contributed by atoms with van der Waals surface area (Å²) in [6.07, 6.45) is 0.128. The number of carbonyl (C=O) groups excluding carboxylic acids is 2. The molecule has 0 fully saturated rings. The number of benzene rings is 2. The Balaban J connectivity index is 2.06. The smallest absolute Gasteiger partial charge is 0.323 e. The van der Waals surface area contributed by atoms with Gasteiger partial charge in [0.1, 0.15) is 11.4 Å². The molecule has 0 atom stereocenters. The van der Waals surface area contributed by atoms with Gasteiger partial charge < -0.3 is 20.1 Å². The van der Waals surface area contributed by atoms with Gasteiger partial charge in [-0.15, -0.1) is 0 Å². The SMILES string of the molecule is COc1cc(CC(=O)OC(C)(C)C)ccc1NC(=O)Nc1ccccc1C. The molecule has 0 aliphatic rings. The van der Waals surface area contributed by atoms with E-state index in [4.69, 9.17) is 9.47 Å². The normalized spacial score (nSPS) is 10.9. The van der Waals surface area contributed by atoms with Gasteiger partial charge in [-0.05, 0) is 57.0 Å². The second-order valence-corrected chi connectivity index (χ2v) is 7.19. The van der Waals surface area contributed by atoms with Gasteiger partial charge in [-0.1, -0.05) is 24.3 Å². The van der Waals surface area contributed by atoms with Crippen LogP contribution in [-0.2, 0) is 16.0 Å². The van der Waals surface area contributed by atoms with E-state index in [9.17, 15) is 9.59 Å². The number of anilines is 2. The second kappa shape index (κ2) is 8.58. The highest BCUT2D eigenvalue weighted by Crippen LogP contribution is 2.26. The summed E-state index contributed by atoms with van der Waals surface area (Å²) < 4.78 is 10.7. The first-order valence-electron chi connectivity index (χ1n) is 8.70. The van der Waals surface area contributed by atoms with Gasteiger partial charge in [0.25, 0.3) is 0 Å². The summed E-state index contributed by atoms with van der Waals surface area (Å²) in [6.45, 7) is 7.39. The Kier molecular flexibility index (Phi) is 6.45. The highest BCUT2D eigenvalue weighted by atomic mass is 16.6. The summed E-state index contributed by atoms with van der Waals surface area (Å²) in [5.41, 5.74) is 2.42. The van der Waals surface area contributed by atoms with E-state index >= 15 is 0 Å². The van der Waals surface area contributed by atoms with Crippen LogP contribution in [-0.4, -0.2) is 24.7 Å². The van der Waals surface area contributed by atoms with E-state index < -0.39 is 5.60 Å². The fourth-order valence-corrected chi connectivity index (χ4v) is 2.48. The first-order valence-corrected chi connectivity index (χ1v) is 8.70. The minimum absolute atomic E-state index is 0.128. The quantitative estimate of drug-likeness (QED) is 0.758. The molecule has 0 aliphatic carbocycles. The van der Waals surface area contributed by atoms with Gasteiger partial charge in [0.15, 0.2) is 0 Å². The van der Waals surface area contributed by atoms with Crippen molar-refractivity contribution in [1.82, 2.24) is 0 Å². The van der Waals surface area contributed by atoms with E-state index in [-0.39, 0.29) is 18.4 Å². The lowest BCUT2D eigenvalue weighted by Crippen LogP contribution is -2.25. The van der Waals surface area contributed by atoms with E-state index in [0.717, 1.165) is 16.8 Å². The standard InChI is InChI=1S/C21H26N2O4/c1-14-8-6-7-9-16(14)22-20(25)23-17-11-10-15(12-18(17)26-5)13-19(24)27-21(2,3)4/h6-12H,13H2,1-5H3,(H2,22,23,25). The molecule has 0 unspecified atom stereocenters. The van der Waals surface area contributed by atoms with Crippen molar-refractivity contribution in [3.63, 3.8) is 0 Å². The van der Waals surface area contributed by atoms with Crippen LogP contribution in [0.3, 0.4) is 0 Å². The van der Waals surface area contributed by atoms with Gasteiger partial charge in [0, 0.05) is 5.69 Å². The third-order valence-corrected chi connectivity index (χ3v) is 3.68. The molecule has 0 saturated carbocycles. The summed E-state index contributed by atoms with van der Waals surface area (Å²) in [4.78, 5) is 24.3. The number of aryl methyl sites for hydroxylation is 1. The Morgan fingerprint density at radius 2 is 1.67 bits per heavy atom. The Morgan fingerprint density at radius 3 is 2.30 bits per heavy atom. The molecule has 0 bridgehead atoms. The molecule has 144 valence electrons. The maximum atomic E-state index is 12.3. The lowest BCUT2D eigenvalue weighted by Gasteiger charge is -2.19. The van der Waals surface area contributed by atoms with Crippen molar-refractivity contribution in [2.24, 2.45) is 0 Å². The first-order chi connectivity index (χ1) is 12.7. The van der Waals surface area contributed by atoms with Crippen molar-refractivity contribution in [3.8, 4) is 5.75 Å². The lowest BCUT2D eigenvalue weighted by atomic mass is 10.1. The van der Waals surface area contributed by atoms with Crippen molar-refractivity contribution in [1.29, 1.82) is 0 Å². The number of carbonyl (C=O) groups is 2. The molecule has 2 amide bonds. The molecule has 0 spiro atoms. The number of hydrogen-bond acceptors (Lipinski definition) is 4. The predicted octanol–water partition coefficient (Wildman–Crippen LogP) is 4.53. The Labute approximate surface area is 159 Å². The maximum Gasteiger partial charge on any atom is 0.323 e. The Morgan fingerprint density at radius 1 is 1.00 bits per heavy atom. The van der Waals surface area contributed by atoms with Crippen LogP contribution >= 0.6 is 0 Å². The number of esters is 1. The number of methoxy groups -OCH3 is 1. The van der Waals surface area contributed by atoms with Crippen molar-refractivity contribution >= 4 is 23.4 Å². The summed E-state index contributed by atoms with van der Waals surface area (Å²) in [5.74, 6) is 0.151. The first kappa shape index (κ1) is 20.3. The molecule has 27 heavy (non-hydrogen) atoms. The zero-order valence-corrected chi connectivity index (χ0v) is 16.4. The maximum absolute atomic E-state index is 12.3. The molecule has 6 heteroatoms. The Bertz CT molecular complexity index is 825. The highest BCUT2D eigenvalue weighted by Gasteiger charge is 2.17. The molecular weight excluding hydrogens is 344 g/mol. The minimum atomic E-state index is -0.531. The summed E-state index contributed by atoms with van der Waals surface area (Å²) in [6, 6.07) is 12.3. The largest absolute Gasteiger partial charge is 0.495 e. The monoisotopic (exact) mass is 370 g/mol. The minimum Gasteiger partial charge on any atom is -0.495 e. The fourth-order valence-electron chi connectivity index (χ4n) is 2.48. The van der Waals surface area contributed by atoms with Gasteiger partial charge in [-0.3, -0.25) is 4.79 Å². The number of rotatable bonds is 5. The van der Waals surface area contributed by atoms with E-state index in [1.54, 1.807) is 18.2 Å². The van der Waals surface area contributed by atoms with Crippen molar-refractivity contribution in [2.75, 3.05) is 17.7 Å². The highest BCUT2D eigenvalue weighted by molar-refractivity contribution is 6.01. The number of urea groups is 1. The topological polar surface area (TPSA) is 76.7 Å². The fraction of sp³-hybridized carbons (Fsp3) is 0.333. The number of amides is 2. The van der Waals surface area contributed by atoms with Crippen LogP contribution in [0.4, 0.5) is 16.2 Å². The third-order valence-electron chi connectivity index (χ3n) is 3.68. The molecule has 0 heterocycles. The van der Waals surface area contributed by atoms with Crippen LogP contribution in [0, 0.1) is 6.92 Å². The molecular formula is C21H26N2O4. The van der Waals surface area contributed by atoms with Crippen LogP contribution < -0.4 is 15.4 Å². The van der Waals surface area contributed by atoms with Gasteiger partial charge >= 0.3 is 12.0 Å². The molecule has 2 aromatic carbocycles. The summed E-state index contributed by atoms with van der Waals surface area (Å²) in [5, 5.41) is 5.57. The average Bonchev–Trinajstić information content (AvgIpc) is 2.56. The zero-order valence-electron chi connectivity index (χ0n) is 16.4. The Hall–Kier alpha value is -3.02. The van der Waals surface area contributed by atoms with Crippen LogP contribution in [0.1, 0.15) is 31.9 Å². The zero-order chi connectivity index (χ0) is 20.0. The summed E-state index contributed by atoms with van der Waals surface area (Å²) >= 11 is 0. The van der Waals surface area contributed by atoms with Crippen LogP contribution in [0.15, 0.2) is 42.5 Å². The van der Waals surface area contributed by atoms with Crippen LogP contribution in [0.5, 0.6) is 5.75 Å². The summed E-state index contributed by atoms with van der Waals surface area (Å²) in [7, 11) is 1.51. The molecule has 0 saturated heterocycles. The number of para-hydroxylation sites is 1. The number of ether oxygens (including phenoxy) is 2. The second-order valence-electron chi connectivity index (χ2n) is 7.19. The van der Waals surface area contributed by atoms with E-state index in [1.807, 2.05) is 52.0 Å². The average molecular weight is 370 g/mol. The predicted molar refractivity (Wildman–Crippen MR) is 106 cm³/mol. The van der Waals surface area contributed by atoms with E-state index in [0.29, 0.717) is 11.4 Å². The number of hydrogen-bond donors (Lipinski definition) is 2. The molecule has 6 nitrogen and oxygen atoms in total. The third kappa shape index (κ3) is 6.33. The van der Waals surface area contributed by atoms with Crippen molar-refractivity contribution in [3.05, 3.63) is 53.6 Å². The van der Waals surface area contributed by atoms with Crippen LogP contribution in [0.25, 0.3) is 0 Å². The molecule has 2 aromatic rings. The van der Waals surface area contributed by atoms with E-state index in [2.05, 4.69) is 10.6 Å². The molecule has 0 aliphatic heterocycles. The van der Waals surface area contributed by atoms with Crippen molar-refractivity contribution < 1.29 is 19.1 Å². The lowest BCUT2D eigenvalue weighted by molar-refractivity contribution is -0.153.